The second-order valence-electron chi connectivity index (χ2n) is 10.4. The van der Waals surface area contributed by atoms with Crippen molar-refractivity contribution in [1.82, 2.24) is 20.0 Å². The van der Waals surface area contributed by atoms with Gasteiger partial charge in [-0.2, -0.15) is 5.26 Å². The van der Waals surface area contributed by atoms with Crippen LogP contribution in [0.4, 0.5) is 13.2 Å². The van der Waals surface area contributed by atoms with E-state index in [2.05, 4.69) is 21.0 Å². The quantitative estimate of drug-likeness (QED) is 0.619. The van der Waals surface area contributed by atoms with Gasteiger partial charge in [0, 0.05) is 32.7 Å². The van der Waals surface area contributed by atoms with Gasteiger partial charge >= 0.3 is 18.2 Å². The molecule has 3 heterocycles. The van der Waals surface area contributed by atoms with E-state index in [0.29, 0.717) is 38.4 Å². The van der Waals surface area contributed by atoms with Crippen molar-refractivity contribution in [3.05, 3.63) is 29.8 Å². The molecule has 0 spiro atoms. The van der Waals surface area contributed by atoms with Crippen molar-refractivity contribution in [3.8, 4) is 11.8 Å². The fraction of sp³-hybridized carbons (Fsp3) is 0.640. The number of halogens is 3. The minimum Gasteiger partial charge on any atom is -0.406 e. The third-order valence-electron chi connectivity index (χ3n) is 8.07. The second-order valence-corrected chi connectivity index (χ2v) is 10.4. The maximum absolute atomic E-state index is 13.1. The summed E-state index contributed by atoms with van der Waals surface area (Å²) in [7, 11) is 1.68. The molecule has 4 atom stereocenters. The first-order valence-electron chi connectivity index (χ1n) is 12.5. The molecule has 4 unspecified atom stereocenters. The number of nitrogens with one attached hydrogen (secondary N) is 1. The molecule has 3 saturated heterocycles. The third-order valence-corrected chi connectivity index (χ3v) is 8.07. The number of piperazine rings is 1. The van der Waals surface area contributed by atoms with Gasteiger partial charge in [0.2, 0.25) is 0 Å². The van der Waals surface area contributed by atoms with Gasteiger partial charge in [-0.25, -0.2) is 0 Å². The van der Waals surface area contributed by atoms with E-state index in [0.717, 1.165) is 24.8 Å². The number of carbonyl (C=O) groups is 2. The van der Waals surface area contributed by atoms with E-state index in [1.54, 1.807) is 29.0 Å². The van der Waals surface area contributed by atoms with Gasteiger partial charge in [0.15, 0.2) is 0 Å². The first-order chi connectivity index (χ1) is 17.1. The smallest absolute Gasteiger partial charge is 0.406 e. The highest BCUT2D eigenvalue weighted by atomic mass is 19.4. The minimum absolute atomic E-state index is 0.120. The van der Waals surface area contributed by atoms with E-state index >= 15 is 0 Å². The number of nitrogens with zero attached hydrogens (tertiary/aromatic N) is 4. The van der Waals surface area contributed by atoms with Crippen molar-refractivity contribution >= 4 is 11.8 Å². The Labute approximate surface area is 207 Å². The number of fused-ring (bicyclic) bond motifs is 1. The van der Waals surface area contributed by atoms with Gasteiger partial charge in [0.25, 0.3) is 0 Å². The third kappa shape index (κ3) is 5.02. The van der Waals surface area contributed by atoms with Crippen LogP contribution < -0.4 is 10.1 Å². The lowest BCUT2D eigenvalue weighted by atomic mass is 9.81. The van der Waals surface area contributed by atoms with Gasteiger partial charge < -0.3 is 14.5 Å². The lowest BCUT2D eigenvalue weighted by Crippen LogP contribution is -2.74. The Kier molecular flexibility index (Phi) is 6.59. The van der Waals surface area contributed by atoms with E-state index in [1.807, 2.05) is 0 Å². The summed E-state index contributed by atoms with van der Waals surface area (Å²) in [4.78, 5) is 31.4. The number of ether oxygens (including phenoxy) is 1. The molecule has 1 aromatic rings. The minimum atomic E-state index is -4.72. The molecule has 5 rings (SSSR count). The Balaban J connectivity index is 1.23. The number of likely N-dealkylation sites (tertiary alicyclic amines) is 1. The molecule has 4 fully saturated rings. The highest BCUT2D eigenvalue weighted by Crippen LogP contribution is 2.44. The van der Waals surface area contributed by atoms with E-state index in [9.17, 15) is 28.0 Å². The summed E-state index contributed by atoms with van der Waals surface area (Å²) in [5.74, 6) is -0.568. The molecule has 8 nitrogen and oxygen atoms in total. The van der Waals surface area contributed by atoms with E-state index in [4.69, 9.17) is 0 Å². The predicted molar refractivity (Wildman–Crippen MR) is 122 cm³/mol. The van der Waals surface area contributed by atoms with Crippen molar-refractivity contribution in [2.75, 3.05) is 20.1 Å². The Hall–Kier alpha value is -2.84. The average Bonchev–Trinajstić information content (AvgIpc) is 3.69. The van der Waals surface area contributed by atoms with Gasteiger partial charge in [0.05, 0.1) is 12.1 Å². The van der Waals surface area contributed by atoms with Crippen LogP contribution in [0.2, 0.25) is 0 Å². The Morgan fingerprint density at radius 1 is 1.08 bits per heavy atom. The van der Waals surface area contributed by atoms with Gasteiger partial charge in [-0.15, -0.1) is 13.2 Å². The highest BCUT2D eigenvalue weighted by molar-refractivity contribution is 6.35. The Morgan fingerprint density at radius 3 is 2.33 bits per heavy atom. The van der Waals surface area contributed by atoms with E-state index < -0.39 is 18.2 Å². The summed E-state index contributed by atoms with van der Waals surface area (Å²) in [5, 5.41) is 13.2. The first-order valence-corrected chi connectivity index (χ1v) is 12.5. The lowest BCUT2D eigenvalue weighted by Gasteiger charge is -2.54. The maximum Gasteiger partial charge on any atom is 0.573 e. The monoisotopic (exact) mass is 505 g/mol. The molecule has 1 aliphatic carbocycles. The van der Waals surface area contributed by atoms with Crippen LogP contribution in [0, 0.1) is 23.2 Å². The molecular formula is C25H30F3N5O3. The molecule has 1 saturated carbocycles. The van der Waals surface area contributed by atoms with E-state index in [1.165, 1.54) is 12.1 Å². The highest BCUT2D eigenvalue weighted by Gasteiger charge is 2.53. The number of alkyl halides is 3. The number of hydrogen-bond acceptors (Lipinski definition) is 6. The van der Waals surface area contributed by atoms with Crippen LogP contribution in [-0.2, 0) is 16.1 Å². The van der Waals surface area contributed by atoms with Crippen LogP contribution in [0.1, 0.15) is 37.7 Å². The van der Waals surface area contributed by atoms with Crippen LogP contribution in [0.3, 0.4) is 0 Å². The molecule has 3 aliphatic heterocycles. The summed E-state index contributed by atoms with van der Waals surface area (Å²) >= 11 is 0. The SMILES string of the molecule is CN1C(=O)C(=O)N(C2CCN(Cc3ccc(OC(F)(F)F)cc3)CC2)C2NC(C#N)C(C3CC3)CC21. The van der Waals surface area contributed by atoms with Crippen LogP contribution in [-0.4, -0.2) is 77.3 Å². The molecule has 0 bridgehead atoms. The summed E-state index contributed by atoms with van der Waals surface area (Å²) in [6.45, 7) is 1.94. The van der Waals surface area contributed by atoms with Crippen LogP contribution in [0.5, 0.6) is 5.75 Å². The Morgan fingerprint density at radius 2 is 1.75 bits per heavy atom. The van der Waals surface area contributed by atoms with Crippen molar-refractivity contribution in [3.63, 3.8) is 0 Å². The van der Waals surface area contributed by atoms with Crippen LogP contribution in [0.15, 0.2) is 24.3 Å². The lowest BCUT2D eigenvalue weighted by molar-refractivity contribution is -0.274. The average molecular weight is 506 g/mol. The molecular weight excluding hydrogens is 475 g/mol. The normalized spacial score (nSPS) is 30.2. The zero-order valence-electron chi connectivity index (χ0n) is 20.1. The topological polar surface area (TPSA) is 88.9 Å². The number of piperidine rings is 2. The number of nitriles is 1. The molecule has 0 aromatic heterocycles. The number of rotatable bonds is 5. The van der Waals surface area contributed by atoms with Crippen molar-refractivity contribution in [1.29, 1.82) is 5.26 Å². The molecule has 2 amide bonds. The summed E-state index contributed by atoms with van der Waals surface area (Å²) in [6, 6.07) is 7.63. The maximum atomic E-state index is 13.1. The molecule has 1 N–H and O–H groups in total. The zero-order valence-corrected chi connectivity index (χ0v) is 20.1. The zero-order chi connectivity index (χ0) is 25.6. The van der Waals surface area contributed by atoms with E-state index in [-0.39, 0.29) is 36.0 Å². The molecule has 36 heavy (non-hydrogen) atoms. The fourth-order valence-electron chi connectivity index (χ4n) is 6.06. The largest absolute Gasteiger partial charge is 0.573 e. The molecule has 11 heteroatoms. The fourth-order valence-corrected chi connectivity index (χ4v) is 6.06. The standard InChI is InChI=1S/C25H30F3N5O3/c1-31-21-12-19(16-4-5-16)20(13-29)30-22(21)33(24(35)23(31)34)17-8-10-32(11-9-17)14-15-2-6-18(7-3-15)36-25(26,27)28/h2-3,6-7,16-17,19-22,30H,4-5,8-12,14H2,1H3. The molecule has 4 aliphatic rings. The van der Waals surface area contributed by atoms with Gasteiger partial charge in [-0.1, -0.05) is 12.1 Å². The number of hydrogen-bond donors (Lipinski definition) is 1. The second kappa shape index (κ2) is 9.56. The molecule has 0 radical (unpaired) electrons. The number of likely N-dealkylation sites (N-methyl/N-ethyl adjacent to an activating group) is 1. The van der Waals surface area contributed by atoms with Crippen molar-refractivity contribution in [2.24, 2.45) is 11.8 Å². The molecule has 194 valence electrons. The summed E-state index contributed by atoms with van der Waals surface area (Å²) in [5.41, 5.74) is 0.866. The van der Waals surface area contributed by atoms with Gasteiger partial charge in [-0.05, 0) is 61.6 Å². The summed E-state index contributed by atoms with van der Waals surface area (Å²) < 4.78 is 41.1. The summed E-state index contributed by atoms with van der Waals surface area (Å²) in [6.07, 6.45) is -0.809. The first kappa shape index (κ1) is 24.8. The van der Waals surface area contributed by atoms with Gasteiger partial charge in [0.1, 0.15) is 18.0 Å². The van der Waals surface area contributed by atoms with Crippen molar-refractivity contribution in [2.45, 2.75) is 69.3 Å². The van der Waals surface area contributed by atoms with Gasteiger partial charge in [-0.3, -0.25) is 19.8 Å². The number of carbonyl (C=O) groups excluding carboxylic acids is 2. The van der Waals surface area contributed by atoms with Crippen molar-refractivity contribution < 1.29 is 27.5 Å². The predicted octanol–water partition coefficient (Wildman–Crippen LogP) is 2.46. The van der Waals surface area contributed by atoms with Crippen LogP contribution >= 0.6 is 0 Å². The Bertz CT molecular complexity index is 1030. The number of benzene rings is 1. The number of amides is 2. The van der Waals surface area contributed by atoms with Crippen LogP contribution in [0.25, 0.3) is 0 Å². The molecule has 1 aromatic carbocycles.